The van der Waals surface area contributed by atoms with Crippen molar-refractivity contribution in [1.29, 1.82) is 0 Å². The van der Waals surface area contributed by atoms with Gasteiger partial charge >= 0.3 is 6.01 Å². The number of nitrogens with one attached hydrogen (secondary N) is 1. The molecule has 23 heavy (non-hydrogen) atoms. The van der Waals surface area contributed by atoms with Crippen LogP contribution in [-0.4, -0.2) is 39.2 Å². The molecule has 0 atom stereocenters. The number of ether oxygens (including phenoxy) is 2. The van der Waals surface area contributed by atoms with Crippen molar-refractivity contribution in [3.8, 4) is 11.9 Å². The standard InChI is InChI=1S/C15H18ClN5O2/c1-22-15-19-8-12(16)14(21-15)20-10-2-4-11(5-3-10)23-13-9-17-6-7-18-13/h6-11H,2-5H2,1H3,(H,19,20,21). The first-order chi connectivity index (χ1) is 11.2. The minimum absolute atomic E-state index is 0.167. The molecule has 2 heterocycles. The maximum absolute atomic E-state index is 6.13. The van der Waals surface area contributed by atoms with E-state index in [1.54, 1.807) is 24.8 Å². The predicted octanol–water partition coefficient (Wildman–Crippen LogP) is 2.73. The van der Waals surface area contributed by atoms with Gasteiger partial charge < -0.3 is 14.8 Å². The van der Waals surface area contributed by atoms with E-state index < -0.39 is 0 Å². The molecule has 122 valence electrons. The number of rotatable bonds is 5. The van der Waals surface area contributed by atoms with E-state index in [1.165, 1.54) is 7.11 Å². The Balaban J connectivity index is 1.53. The highest BCUT2D eigenvalue weighted by atomic mass is 35.5. The lowest BCUT2D eigenvalue weighted by Crippen LogP contribution is -2.31. The maximum atomic E-state index is 6.13. The Morgan fingerprint density at radius 2 is 1.96 bits per heavy atom. The van der Waals surface area contributed by atoms with E-state index in [0.717, 1.165) is 25.7 Å². The van der Waals surface area contributed by atoms with Crippen molar-refractivity contribution in [1.82, 2.24) is 19.9 Å². The molecule has 1 saturated carbocycles. The van der Waals surface area contributed by atoms with Gasteiger partial charge in [0.05, 0.1) is 19.5 Å². The SMILES string of the molecule is COc1ncc(Cl)c(NC2CCC(Oc3cnccn3)CC2)n1. The molecular weight excluding hydrogens is 318 g/mol. The number of hydrogen-bond acceptors (Lipinski definition) is 7. The van der Waals surface area contributed by atoms with Gasteiger partial charge in [0.15, 0.2) is 5.82 Å². The van der Waals surface area contributed by atoms with Gasteiger partial charge in [0.1, 0.15) is 11.1 Å². The summed E-state index contributed by atoms with van der Waals surface area (Å²) in [4.78, 5) is 16.4. The number of anilines is 1. The van der Waals surface area contributed by atoms with Crippen molar-refractivity contribution in [3.05, 3.63) is 29.8 Å². The van der Waals surface area contributed by atoms with Crippen LogP contribution in [0.2, 0.25) is 5.02 Å². The van der Waals surface area contributed by atoms with E-state index >= 15 is 0 Å². The Bertz CT molecular complexity index is 635. The third-order valence-corrected chi connectivity index (χ3v) is 4.02. The lowest BCUT2D eigenvalue weighted by molar-refractivity contribution is 0.143. The van der Waals surface area contributed by atoms with E-state index in [0.29, 0.717) is 28.8 Å². The number of aromatic nitrogens is 4. The molecule has 0 amide bonds. The van der Waals surface area contributed by atoms with Gasteiger partial charge in [-0.05, 0) is 25.7 Å². The van der Waals surface area contributed by atoms with Crippen molar-refractivity contribution in [3.63, 3.8) is 0 Å². The Morgan fingerprint density at radius 1 is 1.13 bits per heavy atom. The first kappa shape index (κ1) is 15.7. The Morgan fingerprint density at radius 3 is 2.65 bits per heavy atom. The summed E-state index contributed by atoms with van der Waals surface area (Å²) in [6, 6.07) is 0.602. The zero-order chi connectivity index (χ0) is 16.1. The highest BCUT2D eigenvalue weighted by Crippen LogP contribution is 2.27. The van der Waals surface area contributed by atoms with Gasteiger partial charge in [0, 0.05) is 18.4 Å². The molecule has 0 unspecified atom stereocenters. The van der Waals surface area contributed by atoms with Crippen LogP contribution in [0.15, 0.2) is 24.8 Å². The van der Waals surface area contributed by atoms with Crippen LogP contribution in [0.25, 0.3) is 0 Å². The summed E-state index contributed by atoms with van der Waals surface area (Å²) in [5.74, 6) is 1.18. The van der Waals surface area contributed by atoms with Gasteiger partial charge in [0.2, 0.25) is 5.88 Å². The summed E-state index contributed by atoms with van der Waals surface area (Å²) in [5, 5.41) is 3.85. The third-order valence-electron chi connectivity index (χ3n) is 3.75. The Kier molecular flexibility index (Phi) is 5.07. The van der Waals surface area contributed by atoms with Crippen molar-refractivity contribution < 1.29 is 9.47 Å². The third kappa shape index (κ3) is 4.19. The van der Waals surface area contributed by atoms with E-state index in [9.17, 15) is 0 Å². The minimum Gasteiger partial charge on any atom is -0.473 e. The van der Waals surface area contributed by atoms with Crippen LogP contribution in [-0.2, 0) is 0 Å². The number of hydrogen-bond donors (Lipinski definition) is 1. The monoisotopic (exact) mass is 335 g/mol. The topological polar surface area (TPSA) is 82.0 Å². The average Bonchev–Trinajstić information content (AvgIpc) is 2.59. The van der Waals surface area contributed by atoms with E-state index in [-0.39, 0.29) is 6.10 Å². The minimum atomic E-state index is 0.167. The largest absolute Gasteiger partial charge is 0.473 e. The molecule has 7 nitrogen and oxygen atoms in total. The molecule has 2 aromatic heterocycles. The molecule has 0 aliphatic heterocycles. The molecule has 2 aromatic rings. The summed E-state index contributed by atoms with van der Waals surface area (Å²) in [6.45, 7) is 0. The lowest BCUT2D eigenvalue weighted by Gasteiger charge is -2.29. The summed E-state index contributed by atoms with van der Waals surface area (Å²) in [7, 11) is 1.53. The van der Waals surface area contributed by atoms with Gasteiger partial charge in [0.25, 0.3) is 0 Å². The molecule has 1 fully saturated rings. The summed E-state index contributed by atoms with van der Waals surface area (Å²) in [6.07, 6.45) is 10.4. The summed E-state index contributed by atoms with van der Waals surface area (Å²) in [5.41, 5.74) is 0. The van der Waals surface area contributed by atoms with Gasteiger partial charge in [-0.2, -0.15) is 4.98 Å². The van der Waals surface area contributed by atoms with Gasteiger partial charge in [-0.25, -0.2) is 9.97 Å². The van der Waals surface area contributed by atoms with Crippen LogP contribution >= 0.6 is 11.6 Å². The van der Waals surface area contributed by atoms with Gasteiger partial charge in [-0.3, -0.25) is 4.98 Å². The van der Waals surface area contributed by atoms with Crippen molar-refractivity contribution in [2.75, 3.05) is 12.4 Å². The normalized spacial score (nSPS) is 20.8. The van der Waals surface area contributed by atoms with Crippen LogP contribution < -0.4 is 14.8 Å². The fourth-order valence-electron chi connectivity index (χ4n) is 2.59. The first-order valence-corrected chi connectivity index (χ1v) is 7.88. The van der Waals surface area contributed by atoms with E-state index in [2.05, 4.69) is 25.3 Å². The fourth-order valence-corrected chi connectivity index (χ4v) is 2.73. The molecule has 0 radical (unpaired) electrons. The molecule has 0 saturated heterocycles. The Hall–Kier alpha value is -2.15. The van der Waals surface area contributed by atoms with Crippen molar-refractivity contribution in [2.24, 2.45) is 0 Å². The predicted molar refractivity (Wildman–Crippen MR) is 85.9 cm³/mol. The summed E-state index contributed by atoms with van der Waals surface area (Å²) < 4.78 is 10.9. The molecule has 1 aliphatic carbocycles. The second-order valence-electron chi connectivity index (χ2n) is 5.33. The zero-order valence-corrected chi connectivity index (χ0v) is 13.5. The van der Waals surface area contributed by atoms with Gasteiger partial charge in [-0.15, -0.1) is 0 Å². The average molecular weight is 336 g/mol. The number of halogens is 1. The highest BCUT2D eigenvalue weighted by Gasteiger charge is 2.23. The van der Waals surface area contributed by atoms with Crippen molar-refractivity contribution >= 4 is 17.4 Å². The molecule has 8 heteroatoms. The van der Waals surface area contributed by atoms with Gasteiger partial charge in [-0.1, -0.05) is 11.6 Å². The molecule has 3 rings (SSSR count). The molecule has 1 N–H and O–H groups in total. The summed E-state index contributed by atoms with van der Waals surface area (Å²) >= 11 is 6.13. The number of methoxy groups -OCH3 is 1. The molecule has 0 aromatic carbocycles. The molecule has 0 bridgehead atoms. The second-order valence-corrected chi connectivity index (χ2v) is 5.74. The van der Waals surface area contributed by atoms with Crippen LogP contribution in [0, 0.1) is 0 Å². The maximum Gasteiger partial charge on any atom is 0.318 e. The quantitative estimate of drug-likeness (QED) is 0.899. The van der Waals surface area contributed by atoms with Crippen LogP contribution in [0.3, 0.4) is 0 Å². The second kappa shape index (κ2) is 7.41. The van der Waals surface area contributed by atoms with Crippen LogP contribution in [0.5, 0.6) is 11.9 Å². The van der Waals surface area contributed by atoms with Crippen LogP contribution in [0.1, 0.15) is 25.7 Å². The van der Waals surface area contributed by atoms with E-state index in [4.69, 9.17) is 21.1 Å². The smallest absolute Gasteiger partial charge is 0.318 e. The number of nitrogens with zero attached hydrogens (tertiary/aromatic N) is 4. The highest BCUT2D eigenvalue weighted by molar-refractivity contribution is 6.32. The van der Waals surface area contributed by atoms with Crippen molar-refractivity contribution in [2.45, 2.75) is 37.8 Å². The first-order valence-electron chi connectivity index (χ1n) is 7.50. The van der Waals surface area contributed by atoms with Crippen LogP contribution in [0.4, 0.5) is 5.82 Å². The fraction of sp³-hybridized carbons (Fsp3) is 0.467. The Labute approximate surface area is 139 Å². The lowest BCUT2D eigenvalue weighted by atomic mass is 9.93. The molecule has 1 aliphatic rings. The molecular formula is C15H18ClN5O2. The molecule has 0 spiro atoms. The zero-order valence-electron chi connectivity index (χ0n) is 12.8. The van der Waals surface area contributed by atoms with E-state index in [1.807, 2.05) is 0 Å².